The largest absolute Gasteiger partial charge is 0.289 e. The number of carbonyl (C=O) groups excluding carboxylic acids is 1. The highest BCUT2D eigenvalue weighted by molar-refractivity contribution is 9.12. The monoisotopic (exact) mass is 339 g/mol. The molecule has 98 valence electrons. The van der Waals surface area contributed by atoms with Gasteiger partial charge in [-0.25, -0.2) is 0 Å². The number of hydrogen-bond acceptors (Lipinski definition) is 3. The van der Waals surface area contributed by atoms with Gasteiger partial charge in [-0.3, -0.25) is 4.79 Å². The Bertz CT molecular complexity index is 713. The summed E-state index contributed by atoms with van der Waals surface area (Å²) in [6.45, 7) is 1.87. The number of halogens is 1. The molecule has 1 aliphatic carbocycles. The van der Waals surface area contributed by atoms with Gasteiger partial charge >= 0.3 is 0 Å². The van der Waals surface area contributed by atoms with E-state index in [2.05, 4.69) is 20.3 Å². The number of allylic oxidation sites excluding steroid dienone is 4. The molecular formula is C13H10BrNO3S. The first kappa shape index (κ1) is 13.9. The summed E-state index contributed by atoms with van der Waals surface area (Å²) in [6.07, 6.45) is 4.03. The van der Waals surface area contributed by atoms with Crippen molar-refractivity contribution < 1.29 is 13.2 Å². The van der Waals surface area contributed by atoms with Gasteiger partial charge < -0.3 is 0 Å². The maximum atomic E-state index is 12.0. The van der Waals surface area contributed by atoms with Gasteiger partial charge in [0.05, 0.1) is 15.1 Å². The zero-order valence-corrected chi connectivity index (χ0v) is 12.4. The van der Waals surface area contributed by atoms with E-state index in [9.17, 15) is 13.2 Å². The molecule has 0 unspecified atom stereocenters. The van der Waals surface area contributed by atoms with Gasteiger partial charge in [-0.05, 0) is 53.2 Å². The van der Waals surface area contributed by atoms with Crippen molar-refractivity contribution in [3.05, 3.63) is 52.5 Å². The van der Waals surface area contributed by atoms with Gasteiger partial charge in [-0.2, -0.15) is 12.8 Å². The fraction of sp³-hybridized carbons (Fsp3) is 0.0769. The third-order valence-electron chi connectivity index (χ3n) is 2.46. The normalized spacial score (nSPS) is 17.7. The molecule has 0 atom stereocenters. The highest BCUT2D eigenvalue weighted by Gasteiger charge is 2.15. The van der Waals surface area contributed by atoms with Crippen molar-refractivity contribution in [2.45, 2.75) is 11.8 Å². The maximum absolute atomic E-state index is 12.0. The topological polar surface area (TPSA) is 63.6 Å². The third-order valence-corrected chi connectivity index (χ3v) is 4.40. The molecule has 0 spiro atoms. The highest BCUT2D eigenvalue weighted by atomic mass is 79.9. The minimum atomic E-state index is -3.76. The van der Waals surface area contributed by atoms with Crippen LogP contribution in [0.1, 0.15) is 5.56 Å². The Morgan fingerprint density at radius 3 is 2.32 bits per heavy atom. The molecular weight excluding hydrogens is 330 g/mol. The van der Waals surface area contributed by atoms with Gasteiger partial charge in [-0.15, -0.1) is 0 Å². The van der Waals surface area contributed by atoms with Crippen LogP contribution in [0.5, 0.6) is 0 Å². The molecule has 4 nitrogen and oxygen atoms in total. The van der Waals surface area contributed by atoms with Crippen LogP contribution in [0, 0.1) is 6.92 Å². The van der Waals surface area contributed by atoms with Crippen LogP contribution in [0.2, 0.25) is 0 Å². The van der Waals surface area contributed by atoms with Crippen LogP contribution in [0.25, 0.3) is 0 Å². The molecule has 0 bridgehead atoms. The van der Waals surface area contributed by atoms with E-state index < -0.39 is 10.0 Å². The maximum Gasteiger partial charge on any atom is 0.282 e. The number of benzene rings is 1. The Morgan fingerprint density at radius 2 is 1.74 bits per heavy atom. The Morgan fingerprint density at radius 1 is 1.11 bits per heavy atom. The molecule has 1 aliphatic rings. The Kier molecular flexibility index (Phi) is 3.82. The summed E-state index contributed by atoms with van der Waals surface area (Å²) in [4.78, 5) is 11.3. The standard InChI is InChI=1S/C13H10BrNO3S/c1-9-2-5-11(6-3-9)19(17,18)15-10-4-7-13(16)12(14)8-10/h2-8H,1H3/b15-10+. The fourth-order valence-corrected chi connectivity index (χ4v) is 2.79. The number of nitrogens with zero attached hydrogens (tertiary/aromatic N) is 1. The number of aryl methyl sites for hydroxylation is 1. The van der Waals surface area contributed by atoms with E-state index in [1.165, 1.54) is 30.4 Å². The van der Waals surface area contributed by atoms with E-state index in [1.807, 2.05) is 6.92 Å². The van der Waals surface area contributed by atoms with E-state index in [4.69, 9.17) is 0 Å². The van der Waals surface area contributed by atoms with Gasteiger partial charge in [0.2, 0.25) is 0 Å². The second-order valence-electron chi connectivity index (χ2n) is 3.99. The Hall–Kier alpha value is -1.53. The number of sulfonamides is 1. The smallest absolute Gasteiger partial charge is 0.282 e. The van der Waals surface area contributed by atoms with Crippen molar-refractivity contribution in [3.8, 4) is 0 Å². The summed E-state index contributed by atoms with van der Waals surface area (Å²) < 4.78 is 28.1. The second kappa shape index (κ2) is 5.22. The first-order chi connectivity index (χ1) is 8.88. The van der Waals surface area contributed by atoms with Crippen molar-refractivity contribution in [1.82, 2.24) is 0 Å². The molecule has 0 aliphatic heterocycles. The van der Waals surface area contributed by atoms with Gasteiger partial charge in [-0.1, -0.05) is 17.7 Å². The van der Waals surface area contributed by atoms with Crippen LogP contribution in [0.4, 0.5) is 0 Å². The van der Waals surface area contributed by atoms with Crippen LogP contribution in [-0.2, 0) is 14.8 Å². The molecule has 1 aromatic carbocycles. The first-order valence-corrected chi connectivity index (χ1v) is 7.63. The molecule has 0 saturated carbocycles. The minimum Gasteiger partial charge on any atom is -0.289 e. The molecule has 6 heteroatoms. The van der Waals surface area contributed by atoms with Gasteiger partial charge in [0.15, 0.2) is 5.78 Å². The van der Waals surface area contributed by atoms with Gasteiger partial charge in [0.25, 0.3) is 10.0 Å². The SMILES string of the molecule is Cc1ccc(S(=O)(=O)/N=C2\C=CC(=O)C(Br)=C2)cc1. The van der Waals surface area contributed by atoms with Gasteiger partial charge in [0.1, 0.15) is 0 Å². The molecule has 0 heterocycles. The van der Waals surface area contributed by atoms with Crippen molar-refractivity contribution in [1.29, 1.82) is 0 Å². The summed E-state index contributed by atoms with van der Waals surface area (Å²) in [7, 11) is -3.76. The number of hydrogen-bond donors (Lipinski definition) is 0. The molecule has 19 heavy (non-hydrogen) atoms. The van der Waals surface area contributed by atoms with E-state index in [0.717, 1.165) is 5.56 Å². The Labute approximate surface area is 119 Å². The predicted molar refractivity (Wildman–Crippen MR) is 77.0 cm³/mol. The number of rotatable bonds is 2. The number of ketones is 1. The van der Waals surface area contributed by atoms with Crippen LogP contribution in [0.3, 0.4) is 0 Å². The van der Waals surface area contributed by atoms with E-state index in [1.54, 1.807) is 12.1 Å². The highest BCUT2D eigenvalue weighted by Crippen LogP contribution is 2.17. The summed E-state index contributed by atoms with van der Waals surface area (Å²) in [5, 5.41) is 0. The van der Waals surface area contributed by atoms with Crippen molar-refractivity contribution in [2.24, 2.45) is 4.40 Å². The molecule has 0 aromatic heterocycles. The lowest BCUT2D eigenvalue weighted by atomic mass is 10.2. The average molecular weight is 340 g/mol. The second-order valence-corrected chi connectivity index (χ2v) is 6.45. The quantitative estimate of drug-likeness (QED) is 0.777. The van der Waals surface area contributed by atoms with Gasteiger partial charge in [0, 0.05) is 0 Å². The third kappa shape index (κ3) is 3.27. The average Bonchev–Trinajstić information content (AvgIpc) is 2.34. The van der Waals surface area contributed by atoms with Crippen LogP contribution in [0.15, 0.2) is 56.3 Å². The van der Waals surface area contributed by atoms with Crippen molar-refractivity contribution >= 4 is 37.4 Å². The molecule has 2 rings (SSSR count). The van der Waals surface area contributed by atoms with E-state index in [-0.39, 0.29) is 20.9 Å². The van der Waals surface area contributed by atoms with Crippen molar-refractivity contribution in [3.63, 3.8) is 0 Å². The zero-order chi connectivity index (χ0) is 14.0. The lowest BCUT2D eigenvalue weighted by Crippen LogP contribution is -2.07. The number of carbonyl (C=O) groups is 1. The predicted octanol–water partition coefficient (Wildman–Crippen LogP) is 2.54. The molecule has 0 saturated heterocycles. The lowest BCUT2D eigenvalue weighted by molar-refractivity contribution is -0.110. The van der Waals surface area contributed by atoms with Crippen molar-refractivity contribution in [2.75, 3.05) is 0 Å². The van der Waals surface area contributed by atoms with Crippen LogP contribution in [-0.4, -0.2) is 19.9 Å². The lowest BCUT2D eigenvalue weighted by Gasteiger charge is -2.04. The summed E-state index contributed by atoms with van der Waals surface area (Å²) in [5.74, 6) is -0.216. The fourth-order valence-electron chi connectivity index (χ4n) is 1.45. The summed E-state index contributed by atoms with van der Waals surface area (Å²) in [6, 6.07) is 6.43. The van der Waals surface area contributed by atoms with E-state index in [0.29, 0.717) is 0 Å². The van der Waals surface area contributed by atoms with Crippen LogP contribution < -0.4 is 0 Å². The molecule has 1 aromatic rings. The summed E-state index contributed by atoms with van der Waals surface area (Å²) in [5.41, 5.74) is 1.18. The summed E-state index contributed by atoms with van der Waals surface area (Å²) >= 11 is 3.05. The first-order valence-electron chi connectivity index (χ1n) is 5.40. The van der Waals surface area contributed by atoms with Crippen LogP contribution >= 0.6 is 15.9 Å². The minimum absolute atomic E-state index is 0.125. The molecule has 0 N–H and O–H groups in total. The molecule has 0 amide bonds. The zero-order valence-electron chi connectivity index (χ0n) is 10.00. The van der Waals surface area contributed by atoms with E-state index >= 15 is 0 Å². The Balaban J connectivity index is 2.40. The molecule has 0 fully saturated rings. The molecule has 0 radical (unpaired) electrons.